The van der Waals surface area contributed by atoms with Gasteiger partial charge in [0.05, 0.1) is 18.3 Å². The average Bonchev–Trinajstić information content (AvgIpc) is 3.23. The maximum Gasteiger partial charge on any atom is 0.264 e. The molecule has 2 heterocycles. The highest BCUT2D eigenvalue weighted by atomic mass is 16.3. The van der Waals surface area contributed by atoms with Gasteiger partial charge < -0.3 is 25.3 Å². The lowest BCUT2D eigenvalue weighted by atomic mass is 9.82. The Labute approximate surface area is 245 Å². The third-order valence-corrected chi connectivity index (χ3v) is 8.14. The number of carbonyl (C=O) groups is 3. The zero-order valence-corrected chi connectivity index (χ0v) is 23.6. The van der Waals surface area contributed by atoms with Crippen LogP contribution < -0.4 is 10.2 Å². The van der Waals surface area contributed by atoms with E-state index in [-0.39, 0.29) is 37.4 Å². The molecule has 5 rings (SSSR count). The van der Waals surface area contributed by atoms with Crippen molar-refractivity contribution in [3.05, 3.63) is 120 Å². The van der Waals surface area contributed by atoms with E-state index in [0.717, 1.165) is 11.1 Å². The minimum absolute atomic E-state index is 0.0592. The summed E-state index contributed by atoms with van der Waals surface area (Å²) in [4.78, 5) is 42.7. The first-order chi connectivity index (χ1) is 20.3. The molecule has 2 aliphatic heterocycles. The highest BCUT2D eigenvalue weighted by Crippen LogP contribution is 2.46. The highest BCUT2D eigenvalue weighted by Gasteiger charge is 2.52. The van der Waals surface area contributed by atoms with E-state index in [1.807, 2.05) is 30.3 Å². The lowest BCUT2D eigenvalue weighted by Gasteiger charge is -2.36. The van der Waals surface area contributed by atoms with Gasteiger partial charge in [-0.3, -0.25) is 14.4 Å². The van der Waals surface area contributed by atoms with Crippen molar-refractivity contribution in [2.75, 3.05) is 23.4 Å². The van der Waals surface area contributed by atoms with Gasteiger partial charge in [-0.05, 0) is 47.9 Å². The minimum atomic E-state index is -1.91. The van der Waals surface area contributed by atoms with Crippen LogP contribution in [0.15, 0.2) is 97.6 Å². The predicted octanol–water partition coefficient (Wildman–Crippen LogP) is 4.19. The molecular formula is C34H35N3O5. The van der Waals surface area contributed by atoms with Crippen LogP contribution in [0.2, 0.25) is 0 Å². The lowest BCUT2D eigenvalue weighted by molar-refractivity contribution is -0.139. The van der Waals surface area contributed by atoms with Crippen LogP contribution in [0.25, 0.3) is 0 Å². The minimum Gasteiger partial charge on any atom is -0.394 e. The van der Waals surface area contributed by atoms with Crippen molar-refractivity contribution in [3.8, 4) is 0 Å². The third-order valence-electron chi connectivity index (χ3n) is 8.14. The molecule has 42 heavy (non-hydrogen) atoms. The van der Waals surface area contributed by atoms with Gasteiger partial charge in [-0.1, -0.05) is 67.6 Å². The molecule has 0 saturated heterocycles. The van der Waals surface area contributed by atoms with Crippen molar-refractivity contribution in [1.82, 2.24) is 4.90 Å². The molecule has 0 aromatic heterocycles. The van der Waals surface area contributed by atoms with Gasteiger partial charge in [0.25, 0.3) is 11.8 Å². The van der Waals surface area contributed by atoms with Crippen LogP contribution in [-0.4, -0.2) is 52.0 Å². The van der Waals surface area contributed by atoms with Gasteiger partial charge in [-0.2, -0.15) is 0 Å². The van der Waals surface area contributed by atoms with Crippen LogP contribution in [0.4, 0.5) is 11.4 Å². The number of fused-ring (bicyclic) bond motifs is 2. The van der Waals surface area contributed by atoms with Gasteiger partial charge in [-0.25, -0.2) is 0 Å². The maximum absolute atomic E-state index is 13.6. The quantitative estimate of drug-likeness (QED) is 0.337. The standard InChI is InChI=1S/C34H35N3O5/c1-3-18-36-30-17-16-27(35-32(40)24-11-5-4-6-12-24)20-29(30)34(42,33(36)41)23(2)10-9-15-31(39)37-21-26-14-8-7-13-25(26)19-28(37)22-38/h3-14,16-17,20,23,28,38,42H,1,15,18-19,21-22H2,2H3,(H,35,40)/b10-9+/t23-,28+,34+/m1/s1. The Hall–Kier alpha value is -4.53. The van der Waals surface area contributed by atoms with Gasteiger partial charge in [0.2, 0.25) is 5.91 Å². The molecule has 0 unspecified atom stereocenters. The number of amides is 3. The number of hydrogen-bond donors (Lipinski definition) is 3. The van der Waals surface area contributed by atoms with Gasteiger partial charge in [0, 0.05) is 42.2 Å². The van der Waals surface area contributed by atoms with E-state index in [9.17, 15) is 24.6 Å². The monoisotopic (exact) mass is 565 g/mol. The number of anilines is 2. The Bertz CT molecular complexity index is 1540. The lowest BCUT2D eigenvalue weighted by Crippen LogP contribution is -2.46. The fraction of sp³-hybridized carbons (Fsp3) is 0.265. The molecule has 0 bridgehead atoms. The van der Waals surface area contributed by atoms with Crippen LogP contribution >= 0.6 is 0 Å². The molecule has 3 amide bonds. The molecule has 3 aromatic rings. The van der Waals surface area contributed by atoms with Crippen molar-refractivity contribution in [2.24, 2.45) is 5.92 Å². The van der Waals surface area contributed by atoms with Crippen molar-refractivity contribution >= 4 is 29.1 Å². The van der Waals surface area contributed by atoms with Crippen LogP contribution in [0, 0.1) is 5.92 Å². The summed E-state index contributed by atoms with van der Waals surface area (Å²) in [7, 11) is 0. The van der Waals surface area contributed by atoms with E-state index in [1.54, 1.807) is 72.5 Å². The van der Waals surface area contributed by atoms with Gasteiger partial charge in [0.15, 0.2) is 5.60 Å². The van der Waals surface area contributed by atoms with E-state index in [0.29, 0.717) is 35.5 Å². The summed E-state index contributed by atoms with van der Waals surface area (Å²) in [6.45, 7) is 5.97. The number of benzene rings is 3. The van der Waals surface area contributed by atoms with E-state index in [4.69, 9.17) is 0 Å². The second kappa shape index (κ2) is 12.1. The van der Waals surface area contributed by atoms with Crippen LogP contribution in [0.5, 0.6) is 0 Å². The van der Waals surface area contributed by atoms with Gasteiger partial charge in [-0.15, -0.1) is 6.58 Å². The van der Waals surface area contributed by atoms with E-state index >= 15 is 0 Å². The number of carbonyl (C=O) groups excluding carboxylic acids is 3. The molecule has 0 saturated carbocycles. The van der Waals surface area contributed by atoms with Gasteiger partial charge in [0.1, 0.15) is 0 Å². The van der Waals surface area contributed by atoms with Crippen molar-refractivity contribution in [3.63, 3.8) is 0 Å². The topological polar surface area (TPSA) is 110 Å². The SMILES string of the molecule is C=CCN1C(=O)[C@](O)([C@H](C)/C=C/CC(=O)N2Cc3ccccc3C[C@H]2CO)c2cc(NC(=O)c3ccccc3)ccc21. The van der Waals surface area contributed by atoms with Crippen LogP contribution in [0.3, 0.4) is 0 Å². The molecule has 0 aliphatic carbocycles. The fourth-order valence-electron chi connectivity index (χ4n) is 5.80. The van der Waals surface area contributed by atoms with E-state index < -0.39 is 17.4 Å². The van der Waals surface area contributed by atoms with Crippen molar-refractivity contribution < 1.29 is 24.6 Å². The number of nitrogens with zero attached hydrogens (tertiary/aromatic N) is 2. The summed E-state index contributed by atoms with van der Waals surface area (Å²) in [6.07, 6.45) is 5.59. The zero-order valence-electron chi connectivity index (χ0n) is 23.6. The molecule has 3 N–H and O–H groups in total. The number of aliphatic hydroxyl groups excluding tert-OH is 1. The number of rotatable bonds is 9. The Balaban J connectivity index is 1.35. The summed E-state index contributed by atoms with van der Waals surface area (Å²) in [6, 6.07) is 21.4. The summed E-state index contributed by atoms with van der Waals surface area (Å²) in [5.41, 5.74) is 2.12. The van der Waals surface area contributed by atoms with Crippen molar-refractivity contribution in [1.29, 1.82) is 0 Å². The zero-order chi connectivity index (χ0) is 29.9. The molecule has 0 radical (unpaired) electrons. The molecule has 2 aliphatic rings. The Morgan fingerprint density at radius 1 is 1.10 bits per heavy atom. The molecule has 8 heteroatoms. The van der Waals surface area contributed by atoms with E-state index in [1.165, 1.54) is 4.90 Å². The first-order valence-corrected chi connectivity index (χ1v) is 14.1. The first-order valence-electron chi connectivity index (χ1n) is 14.1. The molecule has 216 valence electrons. The fourth-order valence-corrected chi connectivity index (χ4v) is 5.80. The Morgan fingerprint density at radius 3 is 2.52 bits per heavy atom. The second-order valence-corrected chi connectivity index (χ2v) is 10.8. The summed E-state index contributed by atoms with van der Waals surface area (Å²) < 4.78 is 0. The Kier molecular flexibility index (Phi) is 8.38. The number of hydrogen-bond acceptors (Lipinski definition) is 5. The maximum atomic E-state index is 13.6. The normalized spacial score (nSPS) is 20.3. The van der Waals surface area contributed by atoms with Crippen LogP contribution in [-0.2, 0) is 28.2 Å². The Morgan fingerprint density at radius 2 is 1.81 bits per heavy atom. The average molecular weight is 566 g/mol. The highest BCUT2D eigenvalue weighted by molar-refractivity contribution is 6.09. The number of nitrogens with one attached hydrogen (secondary N) is 1. The molecule has 0 fully saturated rings. The summed E-state index contributed by atoms with van der Waals surface area (Å²) >= 11 is 0. The van der Waals surface area contributed by atoms with Gasteiger partial charge >= 0.3 is 0 Å². The molecule has 8 nitrogen and oxygen atoms in total. The smallest absolute Gasteiger partial charge is 0.264 e. The summed E-state index contributed by atoms with van der Waals surface area (Å²) in [5.74, 6) is -1.64. The molecule has 3 aromatic carbocycles. The second-order valence-electron chi connectivity index (χ2n) is 10.8. The molecule has 0 spiro atoms. The molecule has 3 atom stereocenters. The van der Waals surface area contributed by atoms with E-state index in [2.05, 4.69) is 11.9 Å². The number of aliphatic hydroxyl groups is 2. The first kappa shape index (κ1) is 29.0. The van der Waals surface area contributed by atoms with Crippen LogP contribution in [0.1, 0.15) is 40.4 Å². The molecular weight excluding hydrogens is 530 g/mol. The largest absolute Gasteiger partial charge is 0.394 e. The van der Waals surface area contributed by atoms with Crippen molar-refractivity contribution in [2.45, 2.75) is 38.0 Å². The third kappa shape index (κ3) is 5.38. The summed E-state index contributed by atoms with van der Waals surface area (Å²) in [5, 5.41) is 24.7. The predicted molar refractivity (Wildman–Crippen MR) is 162 cm³/mol.